The van der Waals surface area contributed by atoms with Crippen molar-refractivity contribution >= 4 is 0 Å². The van der Waals surface area contributed by atoms with Crippen molar-refractivity contribution in [2.45, 2.75) is 78.2 Å². The van der Waals surface area contributed by atoms with Gasteiger partial charge in [-0.05, 0) is 58.9 Å². The zero-order valence-corrected chi connectivity index (χ0v) is 12.2. The first-order chi connectivity index (χ1) is 7.59. The van der Waals surface area contributed by atoms with E-state index >= 15 is 0 Å². The van der Waals surface area contributed by atoms with Crippen LogP contribution in [0.15, 0.2) is 0 Å². The molecule has 0 aliphatic heterocycles. The SMILES string of the molecule is CNC(C)(C)CCC(C)(C)CCC(F)C(C)F. The van der Waals surface area contributed by atoms with Gasteiger partial charge in [-0.3, -0.25) is 0 Å². The summed E-state index contributed by atoms with van der Waals surface area (Å²) in [7, 11) is 1.95. The van der Waals surface area contributed by atoms with Gasteiger partial charge in [-0.2, -0.15) is 0 Å². The van der Waals surface area contributed by atoms with Crippen LogP contribution in [0.5, 0.6) is 0 Å². The number of hydrogen-bond donors (Lipinski definition) is 1. The Labute approximate surface area is 105 Å². The summed E-state index contributed by atoms with van der Waals surface area (Å²) in [6.45, 7) is 9.87. The Balaban J connectivity index is 4.04. The van der Waals surface area contributed by atoms with Crippen LogP contribution in [-0.2, 0) is 0 Å². The van der Waals surface area contributed by atoms with Crippen molar-refractivity contribution in [2.75, 3.05) is 7.05 Å². The Morgan fingerprint density at radius 3 is 1.94 bits per heavy atom. The fourth-order valence-electron chi connectivity index (χ4n) is 1.66. The first-order valence-electron chi connectivity index (χ1n) is 6.57. The first-order valence-corrected chi connectivity index (χ1v) is 6.57. The molecule has 0 fully saturated rings. The number of nitrogens with one attached hydrogen (secondary N) is 1. The minimum Gasteiger partial charge on any atom is -0.315 e. The summed E-state index contributed by atoms with van der Waals surface area (Å²) in [5.41, 5.74) is 0.188. The third-order valence-corrected chi connectivity index (χ3v) is 3.70. The highest BCUT2D eigenvalue weighted by atomic mass is 19.2. The van der Waals surface area contributed by atoms with Gasteiger partial charge in [0.05, 0.1) is 0 Å². The van der Waals surface area contributed by atoms with Gasteiger partial charge in [0, 0.05) is 5.54 Å². The van der Waals surface area contributed by atoms with Gasteiger partial charge >= 0.3 is 0 Å². The topological polar surface area (TPSA) is 12.0 Å². The van der Waals surface area contributed by atoms with Crippen LogP contribution in [0.25, 0.3) is 0 Å². The summed E-state index contributed by atoms with van der Waals surface area (Å²) in [5.74, 6) is 0. The lowest BCUT2D eigenvalue weighted by Gasteiger charge is -2.31. The standard InChI is InChI=1S/C14H29F2N/c1-11(15)12(16)7-8-13(2,3)9-10-14(4,5)17-6/h11-12,17H,7-10H2,1-6H3. The molecule has 0 aliphatic rings. The van der Waals surface area contributed by atoms with Crippen LogP contribution in [0.3, 0.4) is 0 Å². The monoisotopic (exact) mass is 249 g/mol. The summed E-state index contributed by atoms with van der Waals surface area (Å²) in [6, 6.07) is 0. The predicted molar refractivity (Wildman–Crippen MR) is 70.9 cm³/mol. The number of hydrogen-bond acceptors (Lipinski definition) is 1. The molecule has 0 saturated heterocycles. The molecule has 0 rings (SSSR count). The van der Waals surface area contributed by atoms with Crippen LogP contribution in [0.1, 0.15) is 60.3 Å². The van der Waals surface area contributed by atoms with Crippen LogP contribution >= 0.6 is 0 Å². The normalized spacial score (nSPS) is 16.9. The third-order valence-electron chi connectivity index (χ3n) is 3.70. The van der Waals surface area contributed by atoms with E-state index in [0.29, 0.717) is 6.42 Å². The largest absolute Gasteiger partial charge is 0.315 e. The van der Waals surface area contributed by atoms with Gasteiger partial charge in [-0.1, -0.05) is 13.8 Å². The van der Waals surface area contributed by atoms with Crippen LogP contribution < -0.4 is 5.32 Å². The van der Waals surface area contributed by atoms with Crippen LogP contribution in [0, 0.1) is 5.41 Å². The Morgan fingerprint density at radius 2 is 1.53 bits per heavy atom. The molecular formula is C14H29F2N. The van der Waals surface area contributed by atoms with Crippen LogP contribution in [0.2, 0.25) is 0 Å². The average Bonchev–Trinajstić information content (AvgIpc) is 2.23. The third kappa shape index (κ3) is 7.69. The zero-order valence-electron chi connectivity index (χ0n) is 12.2. The molecule has 0 aromatic carbocycles. The summed E-state index contributed by atoms with van der Waals surface area (Å²) < 4.78 is 25.9. The predicted octanol–water partition coefficient (Wildman–Crippen LogP) is 4.27. The van der Waals surface area contributed by atoms with E-state index in [1.54, 1.807) is 0 Å². The molecular weight excluding hydrogens is 220 g/mol. The lowest BCUT2D eigenvalue weighted by molar-refractivity contribution is 0.145. The maximum atomic E-state index is 13.2. The lowest BCUT2D eigenvalue weighted by Crippen LogP contribution is -2.37. The van der Waals surface area contributed by atoms with E-state index in [2.05, 4.69) is 33.0 Å². The molecule has 104 valence electrons. The second-order valence-electron chi connectivity index (χ2n) is 6.53. The van der Waals surface area contributed by atoms with E-state index in [-0.39, 0.29) is 11.0 Å². The highest BCUT2D eigenvalue weighted by Gasteiger charge is 2.25. The minimum atomic E-state index is -1.35. The second-order valence-corrected chi connectivity index (χ2v) is 6.53. The minimum absolute atomic E-state index is 0.0767. The van der Waals surface area contributed by atoms with E-state index in [1.807, 2.05) is 7.05 Å². The summed E-state index contributed by atoms with van der Waals surface area (Å²) in [6.07, 6.45) is 0.464. The van der Waals surface area contributed by atoms with Gasteiger partial charge in [0.2, 0.25) is 0 Å². The van der Waals surface area contributed by atoms with Gasteiger partial charge in [0.25, 0.3) is 0 Å². The Bertz CT molecular complexity index is 212. The van der Waals surface area contributed by atoms with Crippen LogP contribution in [0.4, 0.5) is 8.78 Å². The van der Waals surface area contributed by atoms with Crippen molar-refractivity contribution in [3.63, 3.8) is 0 Å². The Kier molecular flexibility index (Phi) is 6.60. The van der Waals surface area contributed by atoms with Gasteiger partial charge < -0.3 is 5.32 Å². The number of alkyl halides is 2. The Hall–Kier alpha value is -0.180. The highest BCUT2D eigenvalue weighted by molar-refractivity contribution is 4.80. The second kappa shape index (κ2) is 6.67. The van der Waals surface area contributed by atoms with E-state index in [4.69, 9.17) is 0 Å². The Morgan fingerprint density at radius 1 is 1.00 bits per heavy atom. The molecule has 0 aliphatic carbocycles. The molecule has 0 aromatic heterocycles. The van der Waals surface area contributed by atoms with Gasteiger partial charge in [-0.25, -0.2) is 8.78 Å². The highest BCUT2D eigenvalue weighted by Crippen LogP contribution is 2.32. The van der Waals surface area contributed by atoms with E-state index in [9.17, 15) is 8.78 Å². The molecule has 0 bridgehead atoms. The fourth-order valence-corrected chi connectivity index (χ4v) is 1.66. The number of halogens is 2. The molecule has 2 unspecified atom stereocenters. The van der Waals surface area contributed by atoms with Gasteiger partial charge in [-0.15, -0.1) is 0 Å². The molecule has 17 heavy (non-hydrogen) atoms. The fraction of sp³-hybridized carbons (Fsp3) is 1.00. The molecule has 0 aromatic rings. The van der Waals surface area contributed by atoms with Crippen molar-refractivity contribution < 1.29 is 8.78 Å². The lowest BCUT2D eigenvalue weighted by atomic mass is 9.79. The maximum absolute atomic E-state index is 13.2. The molecule has 2 atom stereocenters. The van der Waals surface area contributed by atoms with Gasteiger partial charge in [0.1, 0.15) is 12.3 Å². The molecule has 0 heterocycles. The first kappa shape index (κ1) is 16.8. The molecule has 0 amide bonds. The van der Waals surface area contributed by atoms with Crippen LogP contribution in [-0.4, -0.2) is 24.9 Å². The molecule has 0 radical (unpaired) electrons. The summed E-state index contributed by atoms with van der Waals surface area (Å²) >= 11 is 0. The molecule has 1 N–H and O–H groups in total. The smallest absolute Gasteiger partial charge is 0.131 e. The van der Waals surface area contributed by atoms with E-state index in [1.165, 1.54) is 6.92 Å². The zero-order chi connectivity index (χ0) is 13.7. The molecule has 0 saturated carbocycles. The maximum Gasteiger partial charge on any atom is 0.131 e. The molecule has 3 heteroatoms. The van der Waals surface area contributed by atoms with Crippen molar-refractivity contribution in [3.8, 4) is 0 Å². The van der Waals surface area contributed by atoms with E-state index < -0.39 is 12.3 Å². The number of rotatable bonds is 8. The van der Waals surface area contributed by atoms with E-state index in [0.717, 1.165) is 19.3 Å². The van der Waals surface area contributed by atoms with Crippen molar-refractivity contribution in [1.29, 1.82) is 0 Å². The van der Waals surface area contributed by atoms with Crippen molar-refractivity contribution in [3.05, 3.63) is 0 Å². The van der Waals surface area contributed by atoms with Gasteiger partial charge in [0.15, 0.2) is 0 Å². The van der Waals surface area contributed by atoms with Crippen molar-refractivity contribution in [1.82, 2.24) is 5.32 Å². The molecule has 1 nitrogen and oxygen atoms in total. The molecule has 0 spiro atoms. The summed E-state index contributed by atoms with van der Waals surface area (Å²) in [4.78, 5) is 0. The quantitative estimate of drug-likeness (QED) is 0.677. The van der Waals surface area contributed by atoms with Crippen molar-refractivity contribution in [2.24, 2.45) is 5.41 Å². The average molecular weight is 249 g/mol. The summed E-state index contributed by atoms with van der Waals surface area (Å²) in [5, 5.41) is 3.26.